The monoisotopic (exact) mass is 345 g/mol. The van der Waals surface area contributed by atoms with Gasteiger partial charge in [0.15, 0.2) is 6.29 Å². The van der Waals surface area contributed by atoms with E-state index in [9.17, 15) is 9.18 Å². The SMILES string of the molecule is O=C(c1cn[nH]c1-c1ccccc1F)N1CCCC(C2OCCO2)C1. The number of nitrogens with zero attached hydrogens (tertiary/aromatic N) is 2. The van der Waals surface area contributed by atoms with Crippen molar-refractivity contribution in [2.45, 2.75) is 19.1 Å². The lowest BCUT2D eigenvalue weighted by Crippen LogP contribution is -2.43. The third-order valence-corrected chi connectivity index (χ3v) is 4.79. The second-order valence-corrected chi connectivity index (χ2v) is 6.40. The molecule has 0 spiro atoms. The van der Waals surface area contributed by atoms with Crippen LogP contribution in [0.2, 0.25) is 0 Å². The summed E-state index contributed by atoms with van der Waals surface area (Å²) in [4.78, 5) is 14.8. The lowest BCUT2D eigenvalue weighted by atomic mass is 9.96. The van der Waals surface area contributed by atoms with Gasteiger partial charge in [0.1, 0.15) is 5.82 Å². The highest BCUT2D eigenvalue weighted by atomic mass is 19.1. The van der Waals surface area contributed by atoms with Crippen LogP contribution in [0.3, 0.4) is 0 Å². The van der Waals surface area contributed by atoms with Crippen molar-refractivity contribution in [2.75, 3.05) is 26.3 Å². The molecular weight excluding hydrogens is 325 g/mol. The molecule has 4 rings (SSSR count). The molecule has 2 aromatic rings. The number of carbonyl (C=O) groups excluding carboxylic acids is 1. The molecule has 0 saturated carbocycles. The van der Waals surface area contributed by atoms with Crippen LogP contribution in [0.15, 0.2) is 30.5 Å². The maximum absolute atomic E-state index is 14.1. The van der Waals surface area contributed by atoms with Crippen molar-refractivity contribution in [3.63, 3.8) is 0 Å². The molecule has 1 unspecified atom stereocenters. The summed E-state index contributed by atoms with van der Waals surface area (Å²) in [6.45, 7) is 2.46. The molecule has 2 aliphatic rings. The number of amides is 1. The minimum absolute atomic E-state index is 0.144. The standard InChI is InChI=1S/C18H20FN3O3/c19-15-6-2-1-5-13(15)16-14(10-20-21-16)17(23)22-7-3-4-12(11-22)18-24-8-9-25-18/h1-2,5-6,10,12,18H,3-4,7-9,11H2,(H,20,21). The van der Waals surface area contributed by atoms with Crippen LogP contribution < -0.4 is 0 Å². The quantitative estimate of drug-likeness (QED) is 0.928. The summed E-state index contributed by atoms with van der Waals surface area (Å²) in [7, 11) is 0. The van der Waals surface area contributed by atoms with Gasteiger partial charge in [-0.15, -0.1) is 0 Å². The molecule has 132 valence electrons. The summed E-state index contributed by atoms with van der Waals surface area (Å²) in [5, 5.41) is 6.73. The number of halogens is 1. The Labute approximate surface area is 144 Å². The zero-order valence-corrected chi connectivity index (χ0v) is 13.8. The van der Waals surface area contributed by atoms with E-state index in [0.717, 1.165) is 12.8 Å². The molecule has 1 aromatic carbocycles. The highest BCUT2D eigenvalue weighted by Gasteiger charge is 2.34. The highest BCUT2D eigenvalue weighted by molar-refractivity contribution is 5.99. The molecule has 3 heterocycles. The third kappa shape index (κ3) is 3.17. The van der Waals surface area contributed by atoms with Crippen LogP contribution in [0.25, 0.3) is 11.3 Å². The number of ether oxygens (including phenoxy) is 2. The van der Waals surface area contributed by atoms with Gasteiger partial charge < -0.3 is 14.4 Å². The van der Waals surface area contributed by atoms with Gasteiger partial charge in [-0.25, -0.2) is 4.39 Å². The van der Waals surface area contributed by atoms with Crippen LogP contribution in [-0.4, -0.2) is 53.6 Å². The van der Waals surface area contributed by atoms with E-state index < -0.39 is 0 Å². The van der Waals surface area contributed by atoms with E-state index in [4.69, 9.17) is 9.47 Å². The summed E-state index contributed by atoms with van der Waals surface area (Å²) in [6, 6.07) is 6.36. The van der Waals surface area contributed by atoms with Gasteiger partial charge in [0.25, 0.3) is 5.91 Å². The number of hydrogen-bond acceptors (Lipinski definition) is 4. The highest BCUT2D eigenvalue weighted by Crippen LogP contribution is 2.29. The summed E-state index contributed by atoms with van der Waals surface area (Å²) < 4.78 is 25.3. The number of piperidine rings is 1. The molecule has 1 amide bonds. The van der Waals surface area contributed by atoms with E-state index in [2.05, 4.69) is 10.2 Å². The van der Waals surface area contributed by atoms with Gasteiger partial charge in [0.2, 0.25) is 0 Å². The first-order valence-corrected chi connectivity index (χ1v) is 8.55. The molecule has 0 aliphatic carbocycles. The Morgan fingerprint density at radius 2 is 2.08 bits per heavy atom. The van der Waals surface area contributed by atoms with Crippen molar-refractivity contribution >= 4 is 5.91 Å². The van der Waals surface area contributed by atoms with Crippen molar-refractivity contribution in [2.24, 2.45) is 5.92 Å². The number of carbonyl (C=O) groups is 1. The maximum Gasteiger partial charge on any atom is 0.257 e. The van der Waals surface area contributed by atoms with Gasteiger partial charge in [-0.2, -0.15) is 5.10 Å². The van der Waals surface area contributed by atoms with Gasteiger partial charge in [-0.1, -0.05) is 12.1 Å². The van der Waals surface area contributed by atoms with E-state index in [1.807, 2.05) is 0 Å². The van der Waals surface area contributed by atoms with Crippen LogP contribution in [0, 0.1) is 11.7 Å². The molecule has 6 nitrogen and oxygen atoms in total. The van der Waals surface area contributed by atoms with E-state index in [-0.39, 0.29) is 23.9 Å². The largest absolute Gasteiger partial charge is 0.350 e. The van der Waals surface area contributed by atoms with Gasteiger partial charge >= 0.3 is 0 Å². The van der Waals surface area contributed by atoms with Gasteiger partial charge in [-0.05, 0) is 25.0 Å². The Morgan fingerprint density at radius 3 is 2.88 bits per heavy atom. The fourth-order valence-electron chi connectivity index (χ4n) is 3.55. The molecule has 7 heteroatoms. The Balaban J connectivity index is 1.55. The number of hydrogen-bond donors (Lipinski definition) is 1. The van der Waals surface area contributed by atoms with E-state index in [1.54, 1.807) is 23.1 Å². The number of rotatable bonds is 3. The fraction of sp³-hybridized carbons (Fsp3) is 0.444. The van der Waals surface area contributed by atoms with Crippen LogP contribution in [0.5, 0.6) is 0 Å². The summed E-state index contributed by atoms with van der Waals surface area (Å²) in [5.41, 5.74) is 1.15. The predicted molar refractivity (Wildman–Crippen MR) is 88.3 cm³/mol. The fourth-order valence-corrected chi connectivity index (χ4v) is 3.55. The summed E-state index contributed by atoms with van der Waals surface area (Å²) >= 11 is 0. The zero-order valence-electron chi connectivity index (χ0n) is 13.8. The first-order chi connectivity index (χ1) is 12.2. The molecular formula is C18H20FN3O3. The predicted octanol–water partition coefficient (Wildman–Crippen LogP) is 2.44. The number of aromatic nitrogens is 2. The molecule has 2 aliphatic heterocycles. The normalized spacial score (nSPS) is 21.6. The molecule has 1 aromatic heterocycles. The molecule has 1 N–H and O–H groups in total. The van der Waals surface area contributed by atoms with Crippen molar-refractivity contribution in [3.05, 3.63) is 41.8 Å². The second-order valence-electron chi connectivity index (χ2n) is 6.40. The lowest BCUT2D eigenvalue weighted by Gasteiger charge is -2.34. The van der Waals surface area contributed by atoms with E-state index in [1.165, 1.54) is 12.3 Å². The number of aromatic amines is 1. The summed E-state index contributed by atoms with van der Waals surface area (Å²) in [6.07, 6.45) is 3.11. The number of benzene rings is 1. The van der Waals surface area contributed by atoms with Crippen LogP contribution in [0.1, 0.15) is 23.2 Å². The molecule has 25 heavy (non-hydrogen) atoms. The molecule has 2 fully saturated rings. The molecule has 2 saturated heterocycles. The first-order valence-electron chi connectivity index (χ1n) is 8.55. The molecule has 0 bridgehead atoms. The van der Waals surface area contributed by atoms with Crippen molar-refractivity contribution in [1.29, 1.82) is 0 Å². The zero-order chi connectivity index (χ0) is 17.2. The average molecular weight is 345 g/mol. The smallest absolute Gasteiger partial charge is 0.257 e. The van der Waals surface area contributed by atoms with Crippen LogP contribution in [-0.2, 0) is 9.47 Å². The summed E-state index contributed by atoms with van der Waals surface area (Å²) in [5.74, 6) is -0.358. The first kappa shape index (κ1) is 16.2. The number of H-pyrrole nitrogens is 1. The Kier molecular flexibility index (Phi) is 4.50. The van der Waals surface area contributed by atoms with Gasteiger partial charge in [0.05, 0.1) is 30.7 Å². The minimum atomic E-state index is -0.384. The van der Waals surface area contributed by atoms with E-state index >= 15 is 0 Å². The lowest BCUT2D eigenvalue weighted by molar-refractivity contribution is -0.0969. The Hall–Kier alpha value is -2.25. The number of likely N-dealkylation sites (tertiary alicyclic amines) is 1. The topological polar surface area (TPSA) is 67.5 Å². The average Bonchev–Trinajstić information content (AvgIpc) is 3.33. The maximum atomic E-state index is 14.1. The van der Waals surface area contributed by atoms with Crippen molar-refractivity contribution in [1.82, 2.24) is 15.1 Å². The van der Waals surface area contributed by atoms with Crippen LogP contribution in [0.4, 0.5) is 4.39 Å². The Morgan fingerprint density at radius 1 is 1.28 bits per heavy atom. The second kappa shape index (κ2) is 6.93. The number of nitrogens with one attached hydrogen (secondary N) is 1. The third-order valence-electron chi connectivity index (χ3n) is 4.79. The minimum Gasteiger partial charge on any atom is -0.350 e. The Bertz CT molecular complexity index is 758. The molecule has 0 radical (unpaired) electrons. The van der Waals surface area contributed by atoms with Crippen molar-refractivity contribution < 1.29 is 18.7 Å². The van der Waals surface area contributed by atoms with Gasteiger partial charge in [0, 0.05) is 24.6 Å². The van der Waals surface area contributed by atoms with Crippen molar-refractivity contribution in [3.8, 4) is 11.3 Å². The van der Waals surface area contributed by atoms with Crippen LogP contribution >= 0.6 is 0 Å². The van der Waals surface area contributed by atoms with E-state index in [0.29, 0.717) is 43.1 Å². The van der Waals surface area contributed by atoms with Gasteiger partial charge in [-0.3, -0.25) is 9.89 Å². The molecule has 1 atom stereocenters.